The average molecular weight is 221 g/mol. The molecule has 16 heavy (non-hydrogen) atoms. The molecule has 0 heterocycles. The summed E-state index contributed by atoms with van der Waals surface area (Å²) in [4.78, 5) is 0. The molecule has 0 aliphatic carbocycles. The van der Waals surface area contributed by atoms with Crippen molar-refractivity contribution in [3.8, 4) is 0 Å². The van der Waals surface area contributed by atoms with Gasteiger partial charge in [0.15, 0.2) is 0 Å². The minimum Gasteiger partial charge on any atom is -0.314 e. The van der Waals surface area contributed by atoms with E-state index in [-0.39, 0.29) is 5.82 Å². The van der Waals surface area contributed by atoms with Gasteiger partial charge in [0.2, 0.25) is 0 Å². The second-order valence-electron chi connectivity index (χ2n) is 4.05. The molecule has 0 radical (unpaired) electrons. The first-order valence-corrected chi connectivity index (χ1v) is 5.81. The topological polar surface area (TPSA) is 12.0 Å². The Kier molecular flexibility index (Phi) is 5.79. The van der Waals surface area contributed by atoms with Crippen molar-refractivity contribution in [1.82, 2.24) is 5.32 Å². The summed E-state index contributed by atoms with van der Waals surface area (Å²) in [6.45, 7) is 5.12. The van der Waals surface area contributed by atoms with E-state index in [1.807, 2.05) is 13.0 Å². The van der Waals surface area contributed by atoms with Crippen molar-refractivity contribution in [2.45, 2.75) is 32.7 Å². The maximum absolute atomic E-state index is 12.9. The molecule has 1 nitrogen and oxygen atoms in total. The van der Waals surface area contributed by atoms with Gasteiger partial charge in [0, 0.05) is 6.04 Å². The summed E-state index contributed by atoms with van der Waals surface area (Å²) in [5, 5.41) is 3.41. The fourth-order valence-corrected chi connectivity index (χ4v) is 1.67. The van der Waals surface area contributed by atoms with Crippen LogP contribution in [-0.4, -0.2) is 12.6 Å². The van der Waals surface area contributed by atoms with Crippen LogP contribution in [0.4, 0.5) is 4.39 Å². The van der Waals surface area contributed by atoms with E-state index in [4.69, 9.17) is 0 Å². The molecule has 0 fully saturated rings. The van der Waals surface area contributed by atoms with Crippen LogP contribution in [0.25, 0.3) is 0 Å². The van der Waals surface area contributed by atoms with E-state index >= 15 is 0 Å². The highest BCUT2D eigenvalue weighted by Gasteiger charge is 2.02. The zero-order valence-electron chi connectivity index (χ0n) is 10.0. The van der Waals surface area contributed by atoms with E-state index in [9.17, 15) is 4.39 Å². The molecule has 0 amide bonds. The second-order valence-corrected chi connectivity index (χ2v) is 4.05. The van der Waals surface area contributed by atoms with Crippen LogP contribution >= 0.6 is 0 Å². The Hall–Kier alpha value is -1.15. The Morgan fingerprint density at radius 2 is 2.25 bits per heavy atom. The number of halogens is 1. The van der Waals surface area contributed by atoms with E-state index in [0.29, 0.717) is 6.04 Å². The van der Waals surface area contributed by atoms with Crippen molar-refractivity contribution in [2.24, 2.45) is 0 Å². The van der Waals surface area contributed by atoms with Crippen molar-refractivity contribution in [3.05, 3.63) is 47.8 Å². The van der Waals surface area contributed by atoms with Gasteiger partial charge in [-0.25, -0.2) is 4.39 Å². The largest absolute Gasteiger partial charge is 0.314 e. The average Bonchev–Trinajstić information content (AvgIpc) is 2.24. The lowest BCUT2D eigenvalue weighted by Gasteiger charge is -2.13. The molecule has 1 N–H and O–H groups in total. The predicted octanol–water partition coefficient (Wildman–Crippen LogP) is 3.31. The first-order chi connectivity index (χ1) is 7.72. The number of allylic oxidation sites excluding steroid dienone is 1. The van der Waals surface area contributed by atoms with Crippen LogP contribution in [0.5, 0.6) is 0 Å². The van der Waals surface area contributed by atoms with E-state index in [0.717, 1.165) is 24.9 Å². The molecule has 88 valence electrons. The monoisotopic (exact) mass is 221 g/mol. The van der Waals surface area contributed by atoms with Gasteiger partial charge in [-0.3, -0.25) is 0 Å². The van der Waals surface area contributed by atoms with Gasteiger partial charge in [0.1, 0.15) is 5.82 Å². The highest BCUT2D eigenvalue weighted by molar-refractivity contribution is 5.17. The fourth-order valence-electron chi connectivity index (χ4n) is 1.67. The zero-order chi connectivity index (χ0) is 11.8. The van der Waals surface area contributed by atoms with E-state index in [2.05, 4.69) is 24.4 Å². The van der Waals surface area contributed by atoms with Crippen LogP contribution in [0.3, 0.4) is 0 Å². The van der Waals surface area contributed by atoms with Crippen LogP contribution in [-0.2, 0) is 6.42 Å². The van der Waals surface area contributed by atoms with Gasteiger partial charge >= 0.3 is 0 Å². The van der Waals surface area contributed by atoms with Gasteiger partial charge in [-0.1, -0.05) is 24.3 Å². The van der Waals surface area contributed by atoms with Crippen molar-refractivity contribution >= 4 is 0 Å². The molecule has 0 aliphatic rings. The van der Waals surface area contributed by atoms with Crippen molar-refractivity contribution in [3.63, 3.8) is 0 Å². The Morgan fingerprint density at radius 1 is 1.44 bits per heavy atom. The summed E-state index contributed by atoms with van der Waals surface area (Å²) in [6, 6.07) is 7.19. The van der Waals surface area contributed by atoms with E-state index < -0.39 is 0 Å². The highest BCUT2D eigenvalue weighted by atomic mass is 19.1. The molecule has 0 saturated heterocycles. The molecule has 0 aromatic heterocycles. The third-order valence-corrected chi connectivity index (χ3v) is 2.47. The van der Waals surface area contributed by atoms with Crippen LogP contribution in [0, 0.1) is 5.82 Å². The third-order valence-electron chi connectivity index (χ3n) is 2.47. The van der Waals surface area contributed by atoms with Gasteiger partial charge in [0.05, 0.1) is 0 Å². The standard InChI is InChI=1S/C14H20FN/c1-3-4-5-9-16-12(2)10-13-7-6-8-14(15)11-13/h3-4,6-8,11-12,16H,5,9-10H2,1-2H3/b4-3+. The predicted molar refractivity (Wildman–Crippen MR) is 67.0 cm³/mol. The molecule has 1 unspecified atom stereocenters. The summed E-state index contributed by atoms with van der Waals surface area (Å²) in [7, 11) is 0. The Balaban J connectivity index is 2.31. The fraction of sp³-hybridized carbons (Fsp3) is 0.429. The lowest BCUT2D eigenvalue weighted by molar-refractivity contribution is 0.549. The summed E-state index contributed by atoms with van der Waals surface area (Å²) in [6.07, 6.45) is 6.11. The van der Waals surface area contributed by atoms with Crippen molar-refractivity contribution < 1.29 is 4.39 Å². The van der Waals surface area contributed by atoms with E-state index in [1.165, 1.54) is 6.07 Å². The van der Waals surface area contributed by atoms with Crippen LogP contribution in [0.2, 0.25) is 0 Å². The molecule has 0 saturated carbocycles. The van der Waals surface area contributed by atoms with Gasteiger partial charge in [-0.15, -0.1) is 0 Å². The summed E-state index contributed by atoms with van der Waals surface area (Å²) < 4.78 is 12.9. The number of nitrogens with one attached hydrogen (secondary N) is 1. The van der Waals surface area contributed by atoms with Gasteiger partial charge < -0.3 is 5.32 Å². The minimum absolute atomic E-state index is 0.154. The SMILES string of the molecule is C/C=C/CCNC(C)Cc1cccc(F)c1. The summed E-state index contributed by atoms with van der Waals surface area (Å²) in [5.41, 5.74) is 1.05. The Morgan fingerprint density at radius 3 is 2.94 bits per heavy atom. The first-order valence-electron chi connectivity index (χ1n) is 5.81. The molecule has 1 rings (SSSR count). The van der Waals surface area contributed by atoms with Gasteiger partial charge in [0.25, 0.3) is 0 Å². The smallest absolute Gasteiger partial charge is 0.123 e. The second kappa shape index (κ2) is 7.18. The molecule has 0 spiro atoms. The molecule has 0 bridgehead atoms. The third kappa shape index (κ3) is 5.08. The number of hydrogen-bond donors (Lipinski definition) is 1. The number of rotatable bonds is 6. The number of benzene rings is 1. The normalized spacial score (nSPS) is 13.2. The maximum atomic E-state index is 12.9. The quantitative estimate of drug-likeness (QED) is 0.574. The van der Waals surface area contributed by atoms with Crippen molar-refractivity contribution in [1.29, 1.82) is 0 Å². The molecule has 1 aromatic rings. The molecule has 1 aromatic carbocycles. The molecular weight excluding hydrogens is 201 g/mol. The zero-order valence-corrected chi connectivity index (χ0v) is 10.0. The van der Waals surface area contributed by atoms with Crippen LogP contribution in [0.15, 0.2) is 36.4 Å². The Bertz CT molecular complexity index is 333. The maximum Gasteiger partial charge on any atom is 0.123 e. The van der Waals surface area contributed by atoms with Gasteiger partial charge in [-0.05, 0) is 50.9 Å². The summed E-state index contributed by atoms with van der Waals surface area (Å²) in [5.74, 6) is -0.154. The van der Waals surface area contributed by atoms with Crippen LogP contribution in [0.1, 0.15) is 25.8 Å². The van der Waals surface area contributed by atoms with Gasteiger partial charge in [-0.2, -0.15) is 0 Å². The molecular formula is C14H20FN. The van der Waals surface area contributed by atoms with Crippen LogP contribution < -0.4 is 5.32 Å². The first kappa shape index (κ1) is 12.9. The molecule has 2 heteroatoms. The molecule has 1 atom stereocenters. The summed E-state index contributed by atoms with van der Waals surface area (Å²) >= 11 is 0. The minimum atomic E-state index is -0.154. The lowest BCUT2D eigenvalue weighted by Crippen LogP contribution is -2.28. The lowest BCUT2D eigenvalue weighted by atomic mass is 10.1. The van der Waals surface area contributed by atoms with E-state index in [1.54, 1.807) is 12.1 Å². The number of hydrogen-bond acceptors (Lipinski definition) is 1. The molecule has 0 aliphatic heterocycles. The van der Waals surface area contributed by atoms with Crippen molar-refractivity contribution in [2.75, 3.05) is 6.54 Å². The highest BCUT2D eigenvalue weighted by Crippen LogP contribution is 2.06. The Labute approximate surface area is 97.4 Å².